The summed E-state index contributed by atoms with van der Waals surface area (Å²) in [6, 6.07) is 25.4. The molecule has 8 rings (SSSR count). The van der Waals surface area contributed by atoms with Crippen molar-refractivity contribution < 1.29 is 9.53 Å². The number of aromatic amines is 1. The van der Waals surface area contributed by atoms with Gasteiger partial charge in [0.1, 0.15) is 24.3 Å². The highest BCUT2D eigenvalue weighted by molar-refractivity contribution is 6.09. The van der Waals surface area contributed by atoms with Crippen LogP contribution in [0.2, 0.25) is 0 Å². The minimum Gasteiger partial charge on any atom is -0.491 e. The van der Waals surface area contributed by atoms with Crippen LogP contribution in [0.4, 0.5) is 5.69 Å². The van der Waals surface area contributed by atoms with Gasteiger partial charge in [-0.15, -0.1) is 0 Å². The summed E-state index contributed by atoms with van der Waals surface area (Å²) in [7, 11) is 0. The zero-order chi connectivity index (χ0) is 31.2. The second-order valence-corrected chi connectivity index (χ2v) is 12.8. The van der Waals surface area contributed by atoms with Crippen molar-refractivity contribution in [2.45, 2.75) is 45.1 Å². The number of anilines is 1. The van der Waals surface area contributed by atoms with E-state index in [-0.39, 0.29) is 11.8 Å². The van der Waals surface area contributed by atoms with Crippen molar-refractivity contribution in [1.29, 1.82) is 5.26 Å². The van der Waals surface area contributed by atoms with E-state index in [2.05, 4.69) is 76.4 Å². The van der Waals surface area contributed by atoms with E-state index in [1.54, 1.807) is 6.33 Å². The maximum absolute atomic E-state index is 13.9. The standard InChI is InChI=1S/C38H36N6O2/c1-24-30(3-2-4-34(24)44-17-18-46-35-19-29(27-9-10-27)11-12-31(35)38(44)45)36-32-20-33(42-37(32)41-23-40-36)28-7-5-26(6-8-28)22-43-15-13-25(21-39)14-16-43/h2-8,11-12,19-20,23,25,27H,9-10,13-18,22H2,1H3,(H,40,41,42). The fourth-order valence-electron chi connectivity index (χ4n) is 6.98. The number of aromatic nitrogens is 3. The summed E-state index contributed by atoms with van der Waals surface area (Å²) >= 11 is 0. The van der Waals surface area contributed by atoms with E-state index in [9.17, 15) is 10.1 Å². The second kappa shape index (κ2) is 11.7. The van der Waals surface area contributed by atoms with Gasteiger partial charge in [-0.3, -0.25) is 9.69 Å². The van der Waals surface area contributed by atoms with Crippen molar-refractivity contribution in [3.05, 3.63) is 95.3 Å². The quantitative estimate of drug-likeness (QED) is 0.218. The molecule has 1 amide bonds. The lowest BCUT2D eigenvalue weighted by Crippen LogP contribution is -2.33. The highest BCUT2D eigenvalue weighted by atomic mass is 16.5. The number of amides is 1. The normalized spacial score (nSPS) is 17.4. The van der Waals surface area contributed by atoms with Crippen LogP contribution in [0.3, 0.4) is 0 Å². The number of likely N-dealkylation sites (tertiary alicyclic amines) is 1. The number of nitrogens with one attached hydrogen (secondary N) is 1. The molecular formula is C38H36N6O2. The number of hydrogen-bond donors (Lipinski definition) is 1. The number of fused-ring (bicyclic) bond motifs is 2. The lowest BCUT2D eigenvalue weighted by Gasteiger charge is -2.29. The average Bonchev–Trinajstić information content (AvgIpc) is 3.87. The number of carbonyl (C=O) groups is 1. The van der Waals surface area contributed by atoms with Gasteiger partial charge in [0, 0.05) is 34.8 Å². The zero-order valence-corrected chi connectivity index (χ0v) is 26.0. The third kappa shape index (κ3) is 5.31. The molecule has 2 aromatic heterocycles. The number of carbonyl (C=O) groups excluding carboxylic acids is 1. The Kier molecular flexibility index (Phi) is 7.26. The van der Waals surface area contributed by atoms with Crippen LogP contribution in [-0.4, -0.2) is 52.0 Å². The van der Waals surface area contributed by atoms with E-state index >= 15 is 0 Å². The van der Waals surface area contributed by atoms with Gasteiger partial charge in [0.15, 0.2) is 0 Å². The first kappa shape index (κ1) is 28.5. The first-order valence-corrected chi connectivity index (χ1v) is 16.3. The van der Waals surface area contributed by atoms with Gasteiger partial charge in [0.2, 0.25) is 0 Å². The molecule has 0 spiro atoms. The molecule has 3 aromatic carbocycles. The van der Waals surface area contributed by atoms with Crippen LogP contribution in [0, 0.1) is 24.2 Å². The average molecular weight is 609 g/mol. The minimum atomic E-state index is -0.0399. The van der Waals surface area contributed by atoms with Gasteiger partial charge in [0.25, 0.3) is 5.91 Å². The molecule has 2 fully saturated rings. The predicted octanol–water partition coefficient (Wildman–Crippen LogP) is 7.25. The summed E-state index contributed by atoms with van der Waals surface area (Å²) in [6.45, 7) is 5.81. The number of piperidine rings is 1. The summed E-state index contributed by atoms with van der Waals surface area (Å²) in [4.78, 5) is 30.9. The molecule has 0 unspecified atom stereocenters. The fraction of sp³-hybridized carbons (Fsp3) is 0.316. The summed E-state index contributed by atoms with van der Waals surface area (Å²) < 4.78 is 6.10. The summed E-state index contributed by atoms with van der Waals surface area (Å²) in [5.74, 6) is 1.45. The van der Waals surface area contributed by atoms with E-state index in [1.807, 2.05) is 23.1 Å². The van der Waals surface area contributed by atoms with Crippen LogP contribution >= 0.6 is 0 Å². The fourth-order valence-corrected chi connectivity index (χ4v) is 6.98. The van der Waals surface area contributed by atoms with Gasteiger partial charge < -0.3 is 14.6 Å². The monoisotopic (exact) mass is 608 g/mol. The zero-order valence-electron chi connectivity index (χ0n) is 26.0. The van der Waals surface area contributed by atoms with Crippen molar-refractivity contribution >= 4 is 22.6 Å². The maximum atomic E-state index is 13.9. The SMILES string of the molecule is Cc1c(-c2ncnc3[nH]c(-c4ccc(CN5CCC(C#N)CC5)cc4)cc23)cccc1N1CCOc2cc(C3CC3)ccc2C1=O. The molecule has 1 aliphatic carbocycles. The van der Waals surface area contributed by atoms with Gasteiger partial charge in [-0.25, -0.2) is 9.97 Å². The number of hydrogen-bond acceptors (Lipinski definition) is 6. The molecule has 0 atom stereocenters. The first-order chi connectivity index (χ1) is 22.6. The summed E-state index contributed by atoms with van der Waals surface area (Å²) in [5.41, 5.74) is 9.62. The van der Waals surface area contributed by atoms with Crippen molar-refractivity contribution in [3.63, 3.8) is 0 Å². The van der Waals surface area contributed by atoms with E-state index in [1.165, 1.54) is 24.0 Å². The van der Waals surface area contributed by atoms with Crippen LogP contribution < -0.4 is 9.64 Å². The Morgan fingerprint density at radius 3 is 2.57 bits per heavy atom. The maximum Gasteiger partial charge on any atom is 0.262 e. The molecule has 4 heterocycles. The van der Waals surface area contributed by atoms with E-state index in [4.69, 9.17) is 9.72 Å². The molecule has 3 aliphatic rings. The number of benzene rings is 3. The molecule has 1 saturated carbocycles. The van der Waals surface area contributed by atoms with Crippen molar-refractivity contribution in [2.24, 2.45) is 5.92 Å². The molecule has 2 aliphatic heterocycles. The molecule has 0 bridgehead atoms. The van der Waals surface area contributed by atoms with Gasteiger partial charge in [-0.05, 0) is 98.1 Å². The smallest absolute Gasteiger partial charge is 0.262 e. The molecule has 1 saturated heterocycles. The number of nitriles is 1. The van der Waals surface area contributed by atoms with E-state index in [0.29, 0.717) is 30.4 Å². The molecule has 0 radical (unpaired) electrons. The van der Waals surface area contributed by atoms with Gasteiger partial charge in [-0.2, -0.15) is 5.26 Å². The van der Waals surface area contributed by atoms with Crippen LogP contribution in [0.25, 0.3) is 33.5 Å². The summed E-state index contributed by atoms with van der Waals surface area (Å²) in [5, 5.41) is 10.1. The van der Waals surface area contributed by atoms with Crippen LogP contribution in [-0.2, 0) is 6.54 Å². The van der Waals surface area contributed by atoms with Crippen molar-refractivity contribution in [3.8, 4) is 34.3 Å². The van der Waals surface area contributed by atoms with Crippen LogP contribution in [0.1, 0.15) is 58.6 Å². The van der Waals surface area contributed by atoms with Gasteiger partial charge >= 0.3 is 0 Å². The van der Waals surface area contributed by atoms with Crippen molar-refractivity contribution in [2.75, 3.05) is 31.1 Å². The molecule has 8 nitrogen and oxygen atoms in total. The van der Waals surface area contributed by atoms with Crippen molar-refractivity contribution in [1.82, 2.24) is 19.9 Å². The van der Waals surface area contributed by atoms with E-state index in [0.717, 1.165) is 77.3 Å². The predicted molar refractivity (Wildman–Crippen MR) is 179 cm³/mol. The number of nitrogens with zero attached hydrogens (tertiary/aromatic N) is 5. The molecule has 8 heteroatoms. The third-order valence-electron chi connectivity index (χ3n) is 9.82. The molecule has 5 aromatic rings. The lowest BCUT2D eigenvalue weighted by molar-refractivity contribution is 0.0989. The molecule has 1 N–H and O–H groups in total. The third-order valence-corrected chi connectivity index (χ3v) is 9.82. The Bertz CT molecular complexity index is 1980. The largest absolute Gasteiger partial charge is 0.491 e. The van der Waals surface area contributed by atoms with Gasteiger partial charge in [0.05, 0.1) is 23.9 Å². The Morgan fingerprint density at radius 2 is 1.78 bits per heavy atom. The molecular weight excluding hydrogens is 572 g/mol. The lowest BCUT2D eigenvalue weighted by atomic mass is 9.98. The first-order valence-electron chi connectivity index (χ1n) is 16.3. The Balaban J connectivity index is 1.06. The summed E-state index contributed by atoms with van der Waals surface area (Å²) in [6.07, 6.45) is 5.92. The number of ether oxygens (including phenoxy) is 1. The highest BCUT2D eigenvalue weighted by Gasteiger charge is 2.30. The topological polar surface area (TPSA) is 98.1 Å². The Hall–Kier alpha value is -5.00. The molecule has 46 heavy (non-hydrogen) atoms. The van der Waals surface area contributed by atoms with Crippen LogP contribution in [0.5, 0.6) is 5.75 Å². The second-order valence-electron chi connectivity index (χ2n) is 12.8. The van der Waals surface area contributed by atoms with Crippen LogP contribution in [0.15, 0.2) is 73.1 Å². The highest BCUT2D eigenvalue weighted by Crippen LogP contribution is 2.42. The number of rotatable bonds is 6. The Morgan fingerprint density at radius 1 is 0.957 bits per heavy atom. The van der Waals surface area contributed by atoms with E-state index < -0.39 is 0 Å². The Labute approximate surface area is 268 Å². The van der Waals surface area contributed by atoms with Gasteiger partial charge in [-0.1, -0.05) is 42.5 Å². The molecule has 230 valence electrons. The number of H-pyrrole nitrogens is 1. The minimum absolute atomic E-state index is 0.0399.